The van der Waals surface area contributed by atoms with Crippen molar-refractivity contribution in [1.82, 2.24) is 4.98 Å². The molecule has 0 spiro atoms. The number of aromatic nitrogens is 1. The summed E-state index contributed by atoms with van der Waals surface area (Å²) in [5.41, 5.74) is 4.61. The first-order valence-electron chi connectivity index (χ1n) is 5.17. The fourth-order valence-electron chi connectivity index (χ4n) is 1.86. The fourth-order valence-corrected chi connectivity index (χ4v) is 3.07. The van der Waals surface area contributed by atoms with Crippen LogP contribution in [0.1, 0.15) is 4.88 Å². The van der Waals surface area contributed by atoms with Crippen molar-refractivity contribution in [2.45, 2.75) is 6.42 Å². The Morgan fingerprint density at radius 1 is 1.47 bits per heavy atom. The minimum absolute atomic E-state index is 0.669. The molecule has 0 saturated heterocycles. The summed E-state index contributed by atoms with van der Waals surface area (Å²) in [6.45, 7) is 0.669. The van der Waals surface area contributed by atoms with E-state index in [1.54, 1.807) is 11.3 Å². The number of ether oxygens (including phenoxy) is 1. The maximum Gasteiger partial charge on any atom is 0.197 e. The molecule has 4 nitrogen and oxygen atoms in total. The highest BCUT2D eigenvalue weighted by Crippen LogP contribution is 2.39. The molecule has 17 heavy (non-hydrogen) atoms. The molecule has 1 aliphatic heterocycles. The van der Waals surface area contributed by atoms with Gasteiger partial charge in [-0.1, -0.05) is 15.9 Å². The largest absolute Gasteiger partial charge is 0.492 e. The summed E-state index contributed by atoms with van der Waals surface area (Å²) in [6, 6.07) is 5.98. The van der Waals surface area contributed by atoms with E-state index in [-0.39, 0.29) is 0 Å². The quantitative estimate of drug-likeness (QED) is 0.628. The van der Waals surface area contributed by atoms with Crippen LogP contribution in [-0.4, -0.2) is 11.6 Å². The summed E-state index contributed by atoms with van der Waals surface area (Å²) in [5, 5.41) is 0.741. The fraction of sp³-hybridized carbons (Fsp3) is 0.182. The third kappa shape index (κ3) is 1.92. The Labute approximate surface area is 111 Å². The minimum atomic E-state index is 0.669. The summed E-state index contributed by atoms with van der Waals surface area (Å²) in [5.74, 6) is 6.27. The molecule has 0 aliphatic carbocycles. The van der Waals surface area contributed by atoms with E-state index in [9.17, 15) is 0 Å². The third-order valence-electron chi connectivity index (χ3n) is 2.61. The molecule has 0 atom stereocenters. The lowest BCUT2D eigenvalue weighted by atomic mass is 10.1. The molecule has 2 heterocycles. The van der Waals surface area contributed by atoms with E-state index < -0.39 is 0 Å². The molecule has 0 fully saturated rings. The molecule has 88 valence electrons. The van der Waals surface area contributed by atoms with Gasteiger partial charge >= 0.3 is 0 Å². The van der Waals surface area contributed by atoms with Crippen LogP contribution < -0.4 is 16.0 Å². The number of hydrazine groups is 1. The summed E-state index contributed by atoms with van der Waals surface area (Å²) >= 11 is 5.02. The van der Waals surface area contributed by atoms with Crippen LogP contribution in [0.2, 0.25) is 0 Å². The summed E-state index contributed by atoms with van der Waals surface area (Å²) < 4.78 is 6.74. The Morgan fingerprint density at radius 2 is 2.35 bits per heavy atom. The number of nitrogen functional groups attached to an aromatic ring is 1. The Kier molecular flexibility index (Phi) is 2.78. The van der Waals surface area contributed by atoms with Gasteiger partial charge in [0.2, 0.25) is 0 Å². The van der Waals surface area contributed by atoms with Gasteiger partial charge in [-0.3, -0.25) is 5.43 Å². The molecule has 0 saturated carbocycles. The number of benzene rings is 1. The Morgan fingerprint density at radius 3 is 3.18 bits per heavy atom. The van der Waals surface area contributed by atoms with Crippen molar-refractivity contribution in [2.24, 2.45) is 5.84 Å². The van der Waals surface area contributed by atoms with Crippen LogP contribution in [0.3, 0.4) is 0 Å². The summed E-state index contributed by atoms with van der Waals surface area (Å²) in [4.78, 5) is 5.69. The van der Waals surface area contributed by atoms with Crippen LogP contribution in [0.25, 0.3) is 11.3 Å². The van der Waals surface area contributed by atoms with Crippen LogP contribution in [0.15, 0.2) is 22.7 Å². The topological polar surface area (TPSA) is 60.2 Å². The van der Waals surface area contributed by atoms with Crippen LogP contribution in [-0.2, 0) is 6.42 Å². The molecule has 1 aliphatic rings. The van der Waals surface area contributed by atoms with Crippen molar-refractivity contribution in [1.29, 1.82) is 0 Å². The van der Waals surface area contributed by atoms with Crippen molar-refractivity contribution >= 4 is 32.4 Å². The van der Waals surface area contributed by atoms with E-state index in [2.05, 4.69) is 26.3 Å². The zero-order valence-electron chi connectivity index (χ0n) is 8.87. The minimum Gasteiger partial charge on any atom is -0.492 e. The molecule has 0 bridgehead atoms. The highest BCUT2D eigenvalue weighted by molar-refractivity contribution is 9.10. The number of hydrogen-bond acceptors (Lipinski definition) is 5. The molecular formula is C11H10BrN3OS. The number of nitrogens with two attached hydrogens (primary N) is 1. The Hall–Kier alpha value is -1.11. The highest BCUT2D eigenvalue weighted by Gasteiger charge is 2.20. The predicted molar refractivity (Wildman–Crippen MR) is 72.3 cm³/mol. The van der Waals surface area contributed by atoms with Crippen LogP contribution in [0.5, 0.6) is 5.75 Å². The SMILES string of the molecule is NNc1nc2c(s1)CCOc1cc(Br)ccc1-2. The average Bonchev–Trinajstić information content (AvgIpc) is 2.66. The smallest absolute Gasteiger partial charge is 0.197 e. The van der Waals surface area contributed by atoms with E-state index in [1.807, 2.05) is 18.2 Å². The number of fused-ring (bicyclic) bond motifs is 3. The van der Waals surface area contributed by atoms with Crippen LogP contribution >= 0.6 is 27.3 Å². The molecule has 1 aromatic heterocycles. The highest BCUT2D eigenvalue weighted by atomic mass is 79.9. The van der Waals surface area contributed by atoms with E-state index in [0.29, 0.717) is 6.61 Å². The lowest BCUT2D eigenvalue weighted by Gasteiger charge is -2.06. The molecule has 2 aromatic rings. The molecule has 0 radical (unpaired) electrons. The first kappa shape index (κ1) is 11.0. The first-order chi connectivity index (χ1) is 8.28. The number of hydrogen-bond donors (Lipinski definition) is 2. The second kappa shape index (κ2) is 4.29. The van der Waals surface area contributed by atoms with E-state index in [0.717, 1.165) is 33.0 Å². The summed E-state index contributed by atoms with van der Waals surface area (Å²) in [7, 11) is 0. The van der Waals surface area contributed by atoms with Gasteiger partial charge in [0.1, 0.15) is 5.75 Å². The molecule has 3 rings (SSSR count). The average molecular weight is 312 g/mol. The van der Waals surface area contributed by atoms with Crippen LogP contribution in [0, 0.1) is 0 Å². The number of thiazole rings is 1. The van der Waals surface area contributed by atoms with Crippen molar-refractivity contribution in [3.63, 3.8) is 0 Å². The zero-order chi connectivity index (χ0) is 11.8. The maximum atomic E-state index is 5.73. The van der Waals surface area contributed by atoms with Gasteiger partial charge in [0.15, 0.2) is 5.13 Å². The number of rotatable bonds is 1. The maximum absolute atomic E-state index is 5.73. The standard InChI is InChI=1S/C11H10BrN3OS/c12-6-1-2-7-8(5-6)16-4-3-9-10(7)14-11(15-13)17-9/h1-2,5H,3-4,13H2,(H,14,15). The molecule has 6 heteroatoms. The van der Waals surface area contributed by atoms with Crippen molar-refractivity contribution < 1.29 is 4.74 Å². The van der Waals surface area contributed by atoms with Crippen molar-refractivity contribution in [3.05, 3.63) is 27.5 Å². The third-order valence-corrected chi connectivity index (χ3v) is 4.15. The second-order valence-corrected chi connectivity index (χ2v) is 5.67. The van der Waals surface area contributed by atoms with E-state index >= 15 is 0 Å². The van der Waals surface area contributed by atoms with Gasteiger partial charge < -0.3 is 4.74 Å². The lowest BCUT2D eigenvalue weighted by molar-refractivity contribution is 0.327. The molecular weight excluding hydrogens is 302 g/mol. The molecule has 1 aromatic carbocycles. The van der Waals surface area contributed by atoms with Crippen molar-refractivity contribution in [2.75, 3.05) is 12.0 Å². The van der Waals surface area contributed by atoms with Gasteiger partial charge in [0, 0.05) is 21.3 Å². The Bertz CT molecular complexity index is 570. The van der Waals surface area contributed by atoms with E-state index in [1.165, 1.54) is 4.88 Å². The summed E-state index contributed by atoms with van der Waals surface area (Å²) in [6.07, 6.45) is 0.862. The second-order valence-electron chi connectivity index (χ2n) is 3.67. The predicted octanol–water partition coefficient (Wildman–Crippen LogP) is 2.79. The van der Waals surface area contributed by atoms with Gasteiger partial charge in [-0.2, -0.15) is 0 Å². The number of anilines is 1. The molecule has 3 N–H and O–H groups in total. The number of halogens is 1. The lowest BCUT2D eigenvalue weighted by Crippen LogP contribution is -2.05. The van der Waals surface area contributed by atoms with Gasteiger partial charge in [-0.15, -0.1) is 11.3 Å². The molecule has 0 amide bonds. The van der Waals surface area contributed by atoms with Gasteiger partial charge in [0.05, 0.1) is 12.3 Å². The van der Waals surface area contributed by atoms with E-state index in [4.69, 9.17) is 10.6 Å². The van der Waals surface area contributed by atoms with Gasteiger partial charge in [0.25, 0.3) is 0 Å². The first-order valence-corrected chi connectivity index (χ1v) is 6.78. The van der Waals surface area contributed by atoms with Crippen molar-refractivity contribution in [3.8, 4) is 17.0 Å². The van der Waals surface area contributed by atoms with Gasteiger partial charge in [-0.25, -0.2) is 10.8 Å². The monoisotopic (exact) mass is 311 g/mol. The number of nitrogens with one attached hydrogen (secondary N) is 1. The van der Waals surface area contributed by atoms with Gasteiger partial charge in [-0.05, 0) is 18.2 Å². The zero-order valence-corrected chi connectivity index (χ0v) is 11.3. The Balaban J connectivity index is 2.19. The number of nitrogens with zero attached hydrogens (tertiary/aromatic N) is 1. The molecule has 0 unspecified atom stereocenters. The normalized spacial score (nSPS) is 13.3. The van der Waals surface area contributed by atoms with Crippen LogP contribution in [0.4, 0.5) is 5.13 Å².